The molecule has 0 aromatic heterocycles. The van der Waals surface area contributed by atoms with Crippen LogP contribution < -0.4 is 0 Å². The summed E-state index contributed by atoms with van der Waals surface area (Å²) in [7, 11) is 1.74. The topological polar surface area (TPSA) is 60.9 Å². The molecule has 4 fully saturated rings. The van der Waals surface area contributed by atoms with E-state index in [9.17, 15) is 14.4 Å². The predicted octanol–water partition coefficient (Wildman–Crippen LogP) is 3.54. The molecule has 0 bridgehead atoms. The summed E-state index contributed by atoms with van der Waals surface area (Å²) in [4.78, 5) is 44.2. The summed E-state index contributed by atoms with van der Waals surface area (Å²) in [6.07, 6.45) is 12.4. The average Bonchev–Trinajstić information content (AvgIpc) is 3.54. The van der Waals surface area contributed by atoms with Crippen molar-refractivity contribution in [1.29, 1.82) is 0 Å². The van der Waals surface area contributed by atoms with Crippen LogP contribution in [0.5, 0.6) is 0 Å². The van der Waals surface area contributed by atoms with Crippen molar-refractivity contribution in [3.05, 3.63) is 0 Å². The summed E-state index contributed by atoms with van der Waals surface area (Å²) in [5.74, 6) is 0.623. The van der Waals surface area contributed by atoms with E-state index in [-0.39, 0.29) is 30.4 Å². The Morgan fingerprint density at radius 3 is 2.11 bits per heavy atom. The van der Waals surface area contributed by atoms with E-state index in [1.54, 1.807) is 11.9 Å². The molecule has 0 unspecified atom stereocenters. The van der Waals surface area contributed by atoms with Gasteiger partial charge in [0.05, 0.1) is 0 Å². The van der Waals surface area contributed by atoms with Crippen molar-refractivity contribution < 1.29 is 14.4 Å². The molecule has 28 heavy (non-hydrogen) atoms. The van der Waals surface area contributed by atoms with Crippen LogP contribution in [0.4, 0.5) is 4.79 Å². The first-order valence-electron chi connectivity index (χ1n) is 11.4. The highest BCUT2D eigenvalue weighted by atomic mass is 16.2. The fourth-order valence-corrected chi connectivity index (χ4v) is 5.78. The summed E-state index contributed by atoms with van der Waals surface area (Å²) in [6.45, 7) is 2.17. The van der Waals surface area contributed by atoms with Crippen molar-refractivity contribution >= 4 is 17.8 Å². The Kier molecular flexibility index (Phi) is 5.41. The summed E-state index contributed by atoms with van der Waals surface area (Å²) >= 11 is 0. The van der Waals surface area contributed by atoms with Crippen molar-refractivity contribution in [1.82, 2.24) is 14.7 Å². The van der Waals surface area contributed by atoms with E-state index in [0.717, 1.165) is 63.7 Å². The molecule has 1 spiro atoms. The maximum Gasteiger partial charge on any atom is 0.327 e. The van der Waals surface area contributed by atoms with E-state index in [1.165, 1.54) is 24.2 Å². The molecule has 1 saturated heterocycles. The lowest BCUT2D eigenvalue weighted by molar-refractivity contribution is -0.142. The Morgan fingerprint density at radius 2 is 1.57 bits per heavy atom. The third kappa shape index (κ3) is 3.33. The Balaban J connectivity index is 1.46. The highest BCUT2D eigenvalue weighted by molar-refractivity contribution is 6.09. The van der Waals surface area contributed by atoms with Gasteiger partial charge in [-0.05, 0) is 57.3 Å². The van der Waals surface area contributed by atoms with Crippen LogP contribution in [-0.2, 0) is 9.59 Å². The first-order valence-corrected chi connectivity index (χ1v) is 11.4. The second kappa shape index (κ2) is 7.68. The number of urea groups is 1. The Hall–Kier alpha value is -1.59. The third-order valence-corrected chi connectivity index (χ3v) is 7.79. The number of imide groups is 1. The zero-order valence-corrected chi connectivity index (χ0v) is 17.5. The molecule has 0 aromatic rings. The minimum Gasteiger partial charge on any atom is -0.335 e. The maximum atomic E-state index is 13.3. The molecule has 6 nitrogen and oxygen atoms in total. The van der Waals surface area contributed by atoms with Gasteiger partial charge in [-0.2, -0.15) is 0 Å². The van der Waals surface area contributed by atoms with Gasteiger partial charge in [-0.15, -0.1) is 0 Å². The molecule has 3 saturated carbocycles. The van der Waals surface area contributed by atoms with Gasteiger partial charge in [-0.1, -0.05) is 32.6 Å². The molecular formula is C22H35N3O3. The Labute approximate surface area is 168 Å². The van der Waals surface area contributed by atoms with Crippen LogP contribution in [0.2, 0.25) is 0 Å². The normalized spacial score (nSPS) is 30.2. The summed E-state index contributed by atoms with van der Waals surface area (Å²) < 4.78 is 0. The van der Waals surface area contributed by atoms with Crippen LogP contribution in [0.25, 0.3) is 0 Å². The van der Waals surface area contributed by atoms with Crippen molar-refractivity contribution in [3.8, 4) is 0 Å². The van der Waals surface area contributed by atoms with Gasteiger partial charge in [-0.3, -0.25) is 14.5 Å². The van der Waals surface area contributed by atoms with Gasteiger partial charge in [0.15, 0.2) is 0 Å². The molecule has 3 aliphatic carbocycles. The van der Waals surface area contributed by atoms with E-state index < -0.39 is 5.54 Å². The third-order valence-electron chi connectivity index (χ3n) is 7.79. The largest absolute Gasteiger partial charge is 0.335 e. The van der Waals surface area contributed by atoms with Crippen molar-refractivity contribution in [2.24, 2.45) is 5.92 Å². The lowest BCUT2D eigenvalue weighted by Gasteiger charge is -2.37. The standard InChI is InChI=1S/C22H35N3O3/c1-3-16-7-9-17(10-8-16)25(18-11-12-18)19(26)15-24-20(27)22(23(2)21(24)28)13-5-4-6-14-22/h16-18H,3-15H2,1-2H3. The summed E-state index contributed by atoms with van der Waals surface area (Å²) in [5.41, 5.74) is -0.695. The van der Waals surface area contributed by atoms with Crippen molar-refractivity contribution in [3.63, 3.8) is 0 Å². The fourth-order valence-electron chi connectivity index (χ4n) is 5.78. The molecule has 4 aliphatic rings. The molecule has 0 aromatic carbocycles. The highest BCUT2D eigenvalue weighted by Gasteiger charge is 2.56. The minimum atomic E-state index is -0.695. The van der Waals surface area contributed by atoms with Crippen LogP contribution >= 0.6 is 0 Å². The molecule has 156 valence electrons. The molecule has 6 heteroatoms. The summed E-state index contributed by atoms with van der Waals surface area (Å²) in [5, 5.41) is 0. The molecule has 4 amide bonds. The smallest absolute Gasteiger partial charge is 0.327 e. The van der Waals surface area contributed by atoms with Crippen molar-refractivity contribution in [2.45, 2.75) is 102 Å². The number of hydrogen-bond donors (Lipinski definition) is 0. The quantitative estimate of drug-likeness (QED) is 0.676. The van der Waals surface area contributed by atoms with Crippen LogP contribution in [0.1, 0.15) is 84.0 Å². The van der Waals surface area contributed by atoms with Crippen LogP contribution in [0.15, 0.2) is 0 Å². The second-order valence-corrected chi connectivity index (χ2v) is 9.44. The van der Waals surface area contributed by atoms with E-state index in [4.69, 9.17) is 0 Å². The monoisotopic (exact) mass is 389 g/mol. The van der Waals surface area contributed by atoms with Gasteiger partial charge < -0.3 is 9.80 Å². The zero-order chi connectivity index (χ0) is 19.9. The molecular weight excluding hydrogens is 354 g/mol. The highest BCUT2D eigenvalue weighted by Crippen LogP contribution is 2.40. The molecule has 4 rings (SSSR count). The van der Waals surface area contributed by atoms with Gasteiger partial charge in [0.25, 0.3) is 5.91 Å². The van der Waals surface area contributed by atoms with Gasteiger partial charge >= 0.3 is 6.03 Å². The predicted molar refractivity (Wildman–Crippen MR) is 107 cm³/mol. The lowest BCUT2D eigenvalue weighted by Crippen LogP contribution is -2.51. The minimum absolute atomic E-state index is 0.0228. The number of likely N-dealkylation sites (N-methyl/N-ethyl adjacent to an activating group) is 1. The number of hydrogen-bond acceptors (Lipinski definition) is 3. The number of nitrogens with zero attached hydrogens (tertiary/aromatic N) is 3. The molecule has 0 N–H and O–H groups in total. The van der Waals surface area contributed by atoms with E-state index in [0.29, 0.717) is 6.04 Å². The Morgan fingerprint density at radius 1 is 1.00 bits per heavy atom. The maximum absolute atomic E-state index is 13.3. The van der Waals surface area contributed by atoms with Gasteiger partial charge in [-0.25, -0.2) is 4.79 Å². The van der Waals surface area contributed by atoms with E-state index in [2.05, 4.69) is 11.8 Å². The van der Waals surface area contributed by atoms with Crippen molar-refractivity contribution in [2.75, 3.05) is 13.6 Å². The molecule has 1 heterocycles. The number of amides is 4. The zero-order valence-electron chi connectivity index (χ0n) is 17.5. The van der Waals surface area contributed by atoms with Gasteiger partial charge in [0.2, 0.25) is 5.91 Å². The molecule has 0 radical (unpaired) electrons. The van der Waals surface area contributed by atoms with Crippen LogP contribution in [0, 0.1) is 5.92 Å². The first-order chi connectivity index (χ1) is 13.5. The van der Waals surface area contributed by atoms with Crippen LogP contribution in [0.3, 0.4) is 0 Å². The molecule has 1 aliphatic heterocycles. The summed E-state index contributed by atoms with van der Waals surface area (Å²) in [6, 6.07) is 0.326. The average molecular weight is 390 g/mol. The number of carbonyl (C=O) groups excluding carboxylic acids is 3. The second-order valence-electron chi connectivity index (χ2n) is 9.44. The fraction of sp³-hybridized carbons (Fsp3) is 0.864. The van der Waals surface area contributed by atoms with Gasteiger partial charge in [0.1, 0.15) is 12.1 Å². The number of carbonyl (C=O) groups is 3. The first kappa shape index (κ1) is 19.7. The Bertz CT molecular complexity index is 631. The molecule has 0 atom stereocenters. The lowest BCUT2D eigenvalue weighted by atomic mass is 9.81. The number of rotatable bonds is 5. The van der Waals surface area contributed by atoms with E-state index in [1.807, 2.05) is 0 Å². The van der Waals surface area contributed by atoms with E-state index >= 15 is 0 Å². The SMILES string of the molecule is CCC1CCC(N(C(=O)CN2C(=O)N(C)C3(CCCCC3)C2=O)C2CC2)CC1. The van der Waals surface area contributed by atoms with Gasteiger partial charge in [0, 0.05) is 19.1 Å². The van der Waals surface area contributed by atoms with Crippen LogP contribution in [-0.4, -0.2) is 63.8 Å².